The lowest BCUT2D eigenvalue weighted by atomic mass is 9.89. The Bertz CT molecular complexity index is 1670. The molecule has 2 heterocycles. The Morgan fingerprint density at radius 1 is 0.900 bits per heavy atom. The molecule has 10 heteroatoms. The number of aromatic nitrogens is 2. The van der Waals surface area contributed by atoms with E-state index < -0.39 is 41.0 Å². The van der Waals surface area contributed by atoms with Gasteiger partial charge in [-0.3, -0.25) is 9.78 Å². The fraction of sp³-hybridized carbons (Fsp3) is 0.133. The summed E-state index contributed by atoms with van der Waals surface area (Å²) in [6.45, 7) is -0.165. The third-order valence-corrected chi connectivity index (χ3v) is 6.54. The maximum absolute atomic E-state index is 14.2. The number of carbonyl (C=O) groups is 1. The van der Waals surface area contributed by atoms with Gasteiger partial charge in [0.2, 0.25) is 5.91 Å². The lowest BCUT2D eigenvalue weighted by Gasteiger charge is -2.21. The maximum Gasteiger partial charge on any atom is 0.416 e. The van der Waals surface area contributed by atoms with E-state index in [1.54, 1.807) is 18.3 Å². The molecule has 0 fully saturated rings. The number of benzene rings is 3. The molecular weight excluding hydrogens is 532 g/mol. The van der Waals surface area contributed by atoms with Gasteiger partial charge in [0, 0.05) is 47.4 Å². The Balaban J connectivity index is 1.49. The molecule has 5 aromatic rings. The van der Waals surface area contributed by atoms with Crippen LogP contribution in [0.15, 0.2) is 85.2 Å². The fourth-order valence-corrected chi connectivity index (χ4v) is 4.70. The number of amides is 1. The number of aromatic amines is 1. The number of fused-ring (bicyclic) bond motifs is 1. The van der Waals surface area contributed by atoms with E-state index in [2.05, 4.69) is 15.3 Å². The van der Waals surface area contributed by atoms with Crippen LogP contribution in [0.25, 0.3) is 22.0 Å². The van der Waals surface area contributed by atoms with Gasteiger partial charge in [0.05, 0.1) is 17.7 Å². The summed E-state index contributed by atoms with van der Waals surface area (Å²) in [5.41, 5.74) is 1.20. The quantitative estimate of drug-likeness (QED) is 0.210. The van der Waals surface area contributed by atoms with Crippen LogP contribution < -0.4 is 5.32 Å². The second-order valence-corrected chi connectivity index (χ2v) is 9.25. The molecule has 5 rings (SSSR count). The minimum Gasteiger partial charge on any atom is -0.361 e. The SMILES string of the molecule is O=C(Cc1c[nH]c2ccc(F)cc12)NCC(c1cc(F)cc(F)c1)c1ncccc1-c1cccc(C(F)(F)F)c1. The highest BCUT2D eigenvalue weighted by molar-refractivity contribution is 5.89. The average molecular weight is 554 g/mol. The number of pyridine rings is 1. The standard InChI is InChI=1S/C30H21F6N3O/c31-21-6-7-27-25(14-21)19(15-38-27)12-28(40)39-16-26(18-10-22(32)13-23(33)11-18)29-24(5-2-8-37-29)17-3-1-4-20(9-17)30(34,35)36/h1-11,13-15,26,38H,12,16H2,(H,39,40). The Kier molecular flexibility index (Phi) is 7.34. The fourth-order valence-electron chi connectivity index (χ4n) is 4.70. The van der Waals surface area contributed by atoms with Crippen molar-refractivity contribution in [3.63, 3.8) is 0 Å². The first-order valence-corrected chi connectivity index (χ1v) is 12.2. The molecule has 0 aliphatic heterocycles. The van der Waals surface area contributed by atoms with Crippen LogP contribution in [0.3, 0.4) is 0 Å². The number of hydrogen-bond acceptors (Lipinski definition) is 2. The van der Waals surface area contributed by atoms with Crippen molar-refractivity contribution in [1.82, 2.24) is 15.3 Å². The Morgan fingerprint density at radius 2 is 1.68 bits per heavy atom. The number of halogens is 6. The van der Waals surface area contributed by atoms with E-state index in [4.69, 9.17) is 0 Å². The van der Waals surface area contributed by atoms with Gasteiger partial charge in [-0.25, -0.2) is 13.2 Å². The minimum absolute atomic E-state index is 0.115. The van der Waals surface area contributed by atoms with Crippen LogP contribution in [0.4, 0.5) is 26.3 Å². The average Bonchev–Trinajstić information content (AvgIpc) is 3.29. The van der Waals surface area contributed by atoms with Crippen molar-refractivity contribution in [1.29, 1.82) is 0 Å². The van der Waals surface area contributed by atoms with Gasteiger partial charge in [0.15, 0.2) is 0 Å². The first-order chi connectivity index (χ1) is 19.1. The smallest absolute Gasteiger partial charge is 0.361 e. The molecule has 1 unspecified atom stereocenters. The summed E-state index contributed by atoms with van der Waals surface area (Å²) < 4.78 is 82.5. The predicted molar refractivity (Wildman–Crippen MR) is 138 cm³/mol. The number of alkyl halides is 3. The van der Waals surface area contributed by atoms with E-state index in [-0.39, 0.29) is 29.8 Å². The lowest BCUT2D eigenvalue weighted by Crippen LogP contribution is -2.30. The molecule has 40 heavy (non-hydrogen) atoms. The number of rotatable bonds is 7. The normalized spacial score (nSPS) is 12.4. The Labute approximate surface area is 224 Å². The van der Waals surface area contributed by atoms with Gasteiger partial charge in [0.1, 0.15) is 17.5 Å². The molecule has 1 atom stereocenters. The largest absolute Gasteiger partial charge is 0.416 e. The molecular formula is C30H21F6N3O. The Morgan fingerprint density at radius 3 is 2.42 bits per heavy atom. The van der Waals surface area contributed by atoms with E-state index in [0.29, 0.717) is 28.1 Å². The van der Waals surface area contributed by atoms with Gasteiger partial charge in [0.25, 0.3) is 0 Å². The Hall–Kier alpha value is -4.60. The van der Waals surface area contributed by atoms with Crippen molar-refractivity contribution >= 4 is 16.8 Å². The van der Waals surface area contributed by atoms with Crippen LogP contribution in [-0.2, 0) is 17.4 Å². The molecule has 2 N–H and O–H groups in total. The minimum atomic E-state index is -4.58. The number of nitrogens with zero attached hydrogens (tertiary/aromatic N) is 1. The summed E-state index contributed by atoms with van der Waals surface area (Å²) >= 11 is 0. The number of H-pyrrole nitrogens is 1. The zero-order valence-electron chi connectivity index (χ0n) is 20.7. The molecule has 4 nitrogen and oxygen atoms in total. The van der Waals surface area contributed by atoms with Crippen LogP contribution >= 0.6 is 0 Å². The molecule has 1 amide bonds. The van der Waals surface area contributed by atoms with Crippen LogP contribution in [0.1, 0.15) is 28.3 Å². The number of hydrogen-bond donors (Lipinski definition) is 2. The summed E-state index contributed by atoms with van der Waals surface area (Å²) in [6, 6.07) is 14.8. The van der Waals surface area contributed by atoms with Crippen LogP contribution in [0.5, 0.6) is 0 Å². The first kappa shape index (κ1) is 27.0. The summed E-state index contributed by atoms with van der Waals surface area (Å²) in [7, 11) is 0. The number of nitrogens with one attached hydrogen (secondary N) is 2. The second-order valence-electron chi connectivity index (χ2n) is 9.25. The first-order valence-electron chi connectivity index (χ1n) is 12.2. The molecule has 0 bridgehead atoms. The third kappa shape index (κ3) is 5.85. The molecule has 0 aliphatic rings. The van der Waals surface area contributed by atoms with Crippen LogP contribution in [0.2, 0.25) is 0 Å². The van der Waals surface area contributed by atoms with Gasteiger partial charge in [-0.2, -0.15) is 13.2 Å². The summed E-state index contributed by atoms with van der Waals surface area (Å²) in [5, 5.41) is 3.28. The highest BCUT2D eigenvalue weighted by atomic mass is 19.4. The lowest BCUT2D eigenvalue weighted by molar-refractivity contribution is -0.137. The van der Waals surface area contributed by atoms with E-state index >= 15 is 0 Å². The molecule has 0 aliphatic carbocycles. The molecule has 204 valence electrons. The van der Waals surface area contributed by atoms with E-state index in [1.807, 2.05) is 0 Å². The van der Waals surface area contributed by atoms with Crippen LogP contribution in [-0.4, -0.2) is 22.4 Å². The van der Waals surface area contributed by atoms with Crippen molar-refractivity contribution in [3.05, 3.63) is 125 Å². The maximum atomic E-state index is 14.2. The molecule has 0 saturated carbocycles. The van der Waals surface area contributed by atoms with E-state index in [9.17, 15) is 31.1 Å². The molecule has 0 radical (unpaired) electrons. The molecule has 0 saturated heterocycles. The topological polar surface area (TPSA) is 57.8 Å². The van der Waals surface area contributed by atoms with Crippen molar-refractivity contribution < 1.29 is 31.1 Å². The predicted octanol–water partition coefficient (Wildman–Crippen LogP) is 7.16. The van der Waals surface area contributed by atoms with Crippen LogP contribution in [0, 0.1) is 17.5 Å². The third-order valence-electron chi connectivity index (χ3n) is 6.54. The van der Waals surface area contributed by atoms with Gasteiger partial charge < -0.3 is 10.3 Å². The monoisotopic (exact) mass is 553 g/mol. The zero-order chi connectivity index (χ0) is 28.4. The van der Waals surface area contributed by atoms with Gasteiger partial charge in [-0.15, -0.1) is 0 Å². The van der Waals surface area contributed by atoms with Gasteiger partial charge >= 0.3 is 6.18 Å². The van der Waals surface area contributed by atoms with E-state index in [1.165, 1.54) is 36.5 Å². The van der Waals surface area contributed by atoms with E-state index in [0.717, 1.165) is 24.3 Å². The zero-order valence-corrected chi connectivity index (χ0v) is 20.7. The molecule has 2 aromatic heterocycles. The molecule has 3 aromatic carbocycles. The summed E-state index contributed by atoms with van der Waals surface area (Å²) in [5.74, 6) is -3.55. The summed E-state index contributed by atoms with van der Waals surface area (Å²) in [4.78, 5) is 20.3. The van der Waals surface area contributed by atoms with Gasteiger partial charge in [-0.1, -0.05) is 18.2 Å². The number of carbonyl (C=O) groups excluding carboxylic acids is 1. The molecule has 0 spiro atoms. The summed E-state index contributed by atoms with van der Waals surface area (Å²) in [6.07, 6.45) is -1.69. The second kappa shape index (κ2) is 10.9. The van der Waals surface area contributed by atoms with Crippen molar-refractivity contribution in [2.24, 2.45) is 0 Å². The van der Waals surface area contributed by atoms with Gasteiger partial charge in [-0.05, 0) is 65.2 Å². The highest BCUT2D eigenvalue weighted by Crippen LogP contribution is 2.36. The highest BCUT2D eigenvalue weighted by Gasteiger charge is 2.31. The van der Waals surface area contributed by atoms with Crippen molar-refractivity contribution in [3.8, 4) is 11.1 Å². The van der Waals surface area contributed by atoms with Crippen molar-refractivity contribution in [2.75, 3.05) is 6.54 Å². The van der Waals surface area contributed by atoms with Crippen molar-refractivity contribution in [2.45, 2.75) is 18.5 Å².